The molecule has 3 aromatic rings. The highest BCUT2D eigenvalue weighted by Gasteiger charge is 2.24. The third-order valence-electron chi connectivity index (χ3n) is 5.42. The molecule has 0 saturated carbocycles. The number of hydrogen-bond donors (Lipinski definition) is 0. The van der Waals surface area contributed by atoms with Gasteiger partial charge in [0.25, 0.3) is 0 Å². The summed E-state index contributed by atoms with van der Waals surface area (Å²) in [5, 5.41) is 0. The van der Waals surface area contributed by atoms with Crippen molar-refractivity contribution in [1.29, 1.82) is 0 Å². The lowest BCUT2D eigenvalue weighted by molar-refractivity contribution is 0.0474. The summed E-state index contributed by atoms with van der Waals surface area (Å²) in [6.07, 6.45) is -0.165. The maximum atomic E-state index is 12.7. The van der Waals surface area contributed by atoms with Crippen LogP contribution in [0.15, 0.2) is 54.6 Å². The number of nitrogens with zero attached hydrogens (tertiary/aromatic N) is 1. The predicted octanol–water partition coefficient (Wildman–Crippen LogP) is 4.29. The molecule has 6 heteroatoms. The van der Waals surface area contributed by atoms with E-state index in [0.29, 0.717) is 24.3 Å². The lowest BCUT2D eigenvalue weighted by Gasteiger charge is -2.27. The van der Waals surface area contributed by atoms with Gasteiger partial charge in [0, 0.05) is 17.0 Å². The number of ketones is 1. The van der Waals surface area contributed by atoms with Crippen molar-refractivity contribution in [3.05, 3.63) is 82.7 Å². The zero-order valence-corrected chi connectivity index (χ0v) is 17.9. The Balaban J connectivity index is 1.42. The first-order valence-electron chi connectivity index (χ1n) is 10.2. The number of ether oxygens (including phenoxy) is 3. The summed E-state index contributed by atoms with van der Waals surface area (Å²) in [6, 6.07) is 16.5. The molecule has 0 aliphatic carbocycles. The molecule has 0 N–H and O–H groups in total. The summed E-state index contributed by atoms with van der Waals surface area (Å²) in [5.74, 6) is 0.732. The first-order valence-corrected chi connectivity index (χ1v) is 10.2. The van der Waals surface area contributed by atoms with Crippen LogP contribution in [0.2, 0.25) is 0 Å². The van der Waals surface area contributed by atoms with E-state index in [1.54, 1.807) is 18.2 Å². The lowest BCUT2D eigenvalue weighted by Crippen LogP contribution is -2.33. The van der Waals surface area contributed by atoms with Crippen LogP contribution in [0.1, 0.15) is 37.7 Å². The van der Waals surface area contributed by atoms with Crippen molar-refractivity contribution < 1.29 is 23.8 Å². The van der Waals surface area contributed by atoms with E-state index in [1.165, 1.54) is 0 Å². The Morgan fingerprint density at radius 2 is 1.81 bits per heavy atom. The fourth-order valence-electron chi connectivity index (χ4n) is 3.79. The Labute approximate surface area is 181 Å². The van der Waals surface area contributed by atoms with E-state index in [2.05, 4.69) is 0 Å². The summed E-state index contributed by atoms with van der Waals surface area (Å²) in [5.41, 5.74) is 3.70. The molecule has 31 heavy (non-hydrogen) atoms. The van der Waals surface area contributed by atoms with Gasteiger partial charge in [-0.2, -0.15) is 0 Å². The van der Waals surface area contributed by atoms with Gasteiger partial charge in [0.15, 0.2) is 24.2 Å². The maximum Gasteiger partial charge on any atom is 0.338 e. The number of fused-ring (bicyclic) bond motifs is 1. The average molecular weight is 419 g/mol. The normalized spacial score (nSPS) is 14.9. The molecule has 2 heterocycles. The van der Waals surface area contributed by atoms with Crippen molar-refractivity contribution in [3.8, 4) is 11.5 Å². The van der Waals surface area contributed by atoms with Crippen molar-refractivity contribution in [2.75, 3.05) is 13.2 Å². The van der Waals surface area contributed by atoms with E-state index in [4.69, 9.17) is 14.2 Å². The van der Waals surface area contributed by atoms with E-state index in [0.717, 1.165) is 28.5 Å². The molecule has 6 nitrogen and oxygen atoms in total. The van der Waals surface area contributed by atoms with Gasteiger partial charge in [-0.25, -0.2) is 4.79 Å². The van der Waals surface area contributed by atoms with Crippen LogP contribution in [0.5, 0.6) is 11.5 Å². The van der Waals surface area contributed by atoms with Crippen LogP contribution in [-0.4, -0.2) is 35.6 Å². The molecule has 0 unspecified atom stereocenters. The third-order valence-corrected chi connectivity index (χ3v) is 5.42. The number of benzene rings is 2. The SMILES string of the molecule is Cc1cccc(C(=O)OCC(=O)c2cc(C)n(C[C@@H]3COc4ccccc4O3)c2C)c1. The topological polar surface area (TPSA) is 66.8 Å². The van der Waals surface area contributed by atoms with Gasteiger partial charge in [0.1, 0.15) is 6.61 Å². The van der Waals surface area contributed by atoms with Gasteiger partial charge in [0.2, 0.25) is 5.78 Å². The second-order valence-corrected chi connectivity index (χ2v) is 7.76. The van der Waals surface area contributed by atoms with Gasteiger partial charge in [0.05, 0.1) is 12.1 Å². The smallest absolute Gasteiger partial charge is 0.338 e. The second-order valence-electron chi connectivity index (χ2n) is 7.76. The first kappa shape index (κ1) is 20.7. The maximum absolute atomic E-state index is 12.7. The van der Waals surface area contributed by atoms with Gasteiger partial charge in [-0.05, 0) is 51.1 Å². The van der Waals surface area contributed by atoms with Gasteiger partial charge < -0.3 is 18.8 Å². The predicted molar refractivity (Wildman–Crippen MR) is 116 cm³/mol. The number of rotatable bonds is 6. The van der Waals surface area contributed by atoms with Crippen molar-refractivity contribution in [2.45, 2.75) is 33.4 Å². The largest absolute Gasteiger partial charge is 0.486 e. The molecule has 0 bridgehead atoms. The van der Waals surface area contributed by atoms with Crippen LogP contribution >= 0.6 is 0 Å². The molecule has 160 valence electrons. The zero-order valence-electron chi connectivity index (χ0n) is 17.9. The van der Waals surface area contributed by atoms with Crippen molar-refractivity contribution in [1.82, 2.24) is 4.57 Å². The number of aryl methyl sites for hydroxylation is 2. The number of carbonyl (C=O) groups excluding carboxylic acids is 2. The quantitative estimate of drug-likeness (QED) is 0.440. The number of carbonyl (C=O) groups is 2. The highest BCUT2D eigenvalue weighted by molar-refractivity contribution is 6.00. The lowest BCUT2D eigenvalue weighted by atomic mass is 10.1. The molecule has 0 radical (unpaired) electrons. The number of hydrogen-bond acceptors (Lipinski definition) is 5. The molecule has 4 rings (SSSR count). The number of Topliss-reactive ketones (excluding diaryl/α,β-unsaturated/α-hetero) is 1. The Bertz CT molecular complexity index is 1130. The van der Waals surface area contributed by atoms with Crippen molar-refractivity contribution in [2.24, 2.45) is 0 Å². The molecule has 1 aliphatic rings. The monoisotopic (exact) mass is 419 g/mol. The molecule has 1 atom stereocenters. The molecule has 1 aliphatic heterocycles. The van der Waals surface area contributed by atoms with Crippen LogP contribution < -0.4 is 9.47 Å². The van der Waals surface area contributed by atoms with Crippen molar-refractivity contribution in [3.63, 3.8) is 0 Å². The Hall–Kier alpha value is -3.54. The van der Waals surface area contributed by atoms with E-state index < -0.39 is 5.97 Å². The summed E-state index contributed by atoms with van der Waals surface area (Å²) in [7, 11) is 0. The van der Waals surface area contributed by atoms with Crippen LogP contribution in [0, 0.1) is 20.8 Å². The molecule has 0 spiro atoms. The second kappa shape index (κ2) is 8.68. The van der Waals surface area contributed by atoms with E-state index in [1.807, 2.05) is 61.7 Å². The van der Waals surface area contributed by atoms with Crippen molar-refractivity contribution >= 4 is 11.8 Å². The van der Waals surface area contributed by atoms with Crippen LogP contribution in [0.4, 0.5) is 0 Å². The zero-order chi connectivity index (χ0) is 22.0. The number of aromatic nitrogens is 1. The molecular weight excluding hydrogens is 394 g/mol. The summed E-state index contributed by atoms with van der Waals surface area (Å²) >= 11 is 0. The Morgan fingerprint density at radius 1 is 1.03 bits per heavy atom. The van der Waals surface area contributed by atoms with Gasteiger partial charge in [-0.1, -0.05) is 29.8 Å². The molecule has 0 amide bonds. The number of esters is 1. The average Bonchev–Trinajstić information content (AvgIpc) is 3.05. The van der Waals surface area contributed by atoms with E-state index in [9.17, 15) is 9.59 Å². The van der Waals surface area contributed by atoms with Gasteiger partial charge >= 0.3 is 5.97 Å². The Morgan fingerprint density at radius 3 is 2.58 bits per heavy atom. The minimum atomic E-state index is -0.503. The van der Waals surface area contributed by atoms with Crippen LogP contribution in [0.25, 0.3) is 0 Å². The molecule has 0 saturated heterocycles. The summed E-state index contributed by atoms with van der Waals surface area (Å²) in [6.45, 7) is 6.43. The van der Waals surface area contributed by atoms with E-state index in [-0.39, 0.29) is 18.5 Å². The fraction of sp³-hybridized carbons (Fsp3) is 0.280. The van der Waals surface area contributed by atoms with Crippen LogP contribution in [0.3, 0.4) is 0 Å². The molecule has 2 aromatic carbocycles. The minimum absolute atomic E-state index is 0.165. The third kappa shape index (κ3) is 4.48. The summed E-state index contributed by atoms with van der Waals surface area (Å²) < 4.78 is 19.1. The van der Waals surface area contributed by atoms with Gasteiger partial charge in [-0.15, -0.1) is 0 Å². The van der Waals surface area contributed by atoms with E-state index >= 15 is 0 Å². The molecule has 1 aromatic heterocycles. The molecule has 0 fully saturated rings. The fourth-order valence-corrected chi connectivity index (χ4v) is 3.79. The van der Waals surface area contributed by atoms with Gasteiger partial charge in [-0.3, -0.25) is 4.79 Å². The standard InChI is InChI=1S/C25H25NO5/c1-16-7-6-8-19(11-16)25(28)30-15-22(27)21-12-17(2)26(18(21)3)13-20-14-29-23-9-4-5-10-24(23)31-20/h4-12,20H,13-15H2,1-3H3/t20-/m1/s1. The Kier molecular flexibility index (Phi) is 5.80. The number of para-hydroxylation sites is 2. The highest BCUT2D eigenvalue weighted by Crippen LogP contribution is 2.31. The summed E-state index contributed by atoms with van der Waals surface area (Å²) in [4.78, 5) is 25.0. The molecular formula is C25H25NO5. The minimum Gasteiger partial charge on any atom is -0.486 e. The highest BCUT2D eigenvalue weighted by atomic mass is 16.6. The first-order chi connectivity index (χ1) is 14.9. The van der Waals surface area contributed by atoms with Crippen LogP contribution in [-0.2, 0) is 11.3 Å².